The first-order chi connectivity index (χ1) is 14.9. The molecule has 160 valence electrons. The Hall–Kier alpha value is -3.68. The first kappa shape index (κ1) is 20.6. The zero-order valence-electron chi connectivity index (χ0n) is 17.7. The van der Waals surface area contributed by atoms with Gasteiger partial charge in [-0.2, -0.15) is 0 Å². The van der Waals surface area contributed by atoms with E-state index in [1.54, 1.807) is 14.0 Å². The molecule has 2 aromatic carbocycles. The number of carbonyl (C=O) groups excluding carboxylic acids is 2. The second kappa shape index (κ2) is 8.22. The number of amides is 2. The highest BCUT2D eigenvalue weighted by Gasteiger charge is 2.30. The first-order valence-electron chi connectivity index (χ1n) is 10.1. The molecule has 1 fully saturated rings. The number of imide groups is 1. The number of anilines is 1. The third kappa shape index (κ3) is 4.01. The van der Waals surface area contributed by atoms with E-state index in [2.05, 4.69) is 15.6 Å². The van der Waals surface area contributed by atoms with Crippen molar-refractivity contribution in [3.8, 4) is 5.75 Å². The van der Waals surface area contributed by atoms with Crippen LogP contribution in [0.3, 0.4) is 0 Å². The molecule has 2 heterocycles. The molecule has 1 aliphatic rings. The zero-order chi connectivity index (χ0) is 22.1. The summed E-state index contributed by atoms with van der Waals surface area (Å²) in [6, 6.07) is 10.7. The molecule has 1 unspecified atom stereocenters. The Morgan fingerprint density at radius 2 is 1.90 bits per heavy atom. The molecule has 0 saturated carbocycles. The van der Waals surface area contributed by atoms with Gasteiger partial charge in [0.2, 0.25) is 11.8 Å². The fourth-order valence-corrected chi connectivity index (χ4v) is 3.95. The SMILES string of the molecule is COc1ccc(CNc2cc(C)cc3nc(C)n(C4CCC(=O)NC4=O)c(=O)c23)cc1. The van der Waals surface area contributed by atoms with Gasteiger partial charge in [-0.15, -0.1) is 0 Å². The molecule has 0 spiro atoms. The number of hydrogen-bond donors (Lipinski definition) is 2. The van der Waals surface area contributed by atoms with Crippen molar-refractivity contribution in [2.75, 3.05) is 12.4 Å². The minimum absolute atomic E-state index is 0.191. The van der Waals surface area contributed by atoms with Crippen molar-refractivity contribution in [2.24, 2.45) is 0 Å². The summed E-state index contributed by atoms with van der Waals surface area (Å²) in [6.45, 7) is 4.16. The Morgan fingerprint density at radius 1 is 1.16 bits per heavy atom. The van der Waals surface area contributed by atoms with Gasteiger partial charge in [-0.1, -0.05) is 12.1 Å². The van der Waals surface area contributed by atoms with Gasteiger partial charge in [-0.25, -0.2) is 4.98 Å². The molecule has 0 radical (unpaired) electrons. The number of nitrogens with zero attached hydrogens (tertiary/aromatic N) is 2. The third-order valence-electron chi connectivity index (χ3n) is 5.49. The Morgan fingerprint density at radius 3 is 2.58 bits per heavy atom. The van der Waals surface area contributed by atoms with Crippen molar-refractivity contribution >= 4 is 28.4 Å². The van der Waals surface area contributed by atoms with E-state index in [0.717, 1.165) is 16.9 Å². The maximum Gasteiger partial charge on any atom is 0.264 e. The van der Waals surface area contributed by atoms with Crippen LogP contribution in [-0.4, -0.2) is 28.5 Å². The van der Waals surface area contributed by atoms with Crippen molar-refractivity contribution < 1.29 is 14.3 Å². The van der Waals surface area contributed by atoms with Crippen molar-refractivity contribution in [2.45, 2.75) is 39.3 Å². The number of ether oxygens (including phenoxy) is 1. The summed E-state index contributed by atoms with van der Waals surface area (Å²) in [6.07, 6.45) is 0.468. The zero-order valence-corrected chi connectivity index (χ0v) is 17.7. The van der Waals surface area contributed by atoms with Gasteiger partial charge in [0.15, 0.2) is 0 Å². The standard InChI is InChI=1S/C23H24N4O4/c1-13-10-17(24-12-15-4-6-16(31-3)7-5-15)21-18(11-13)25-14(2)27(23(21)30)19-8-9-20(28)26-22(19)29/h4-7,10-11,19,24H,8-9,12H2,1-3H3,(H,26,28,29). The van der Waals surface area contributed by atoms with E-state index in [4.69, 9.17) is 4.74 Å². The van der Waals surface area contributed by atoms with Crippen molar-refractivity contribution in [1.82, 2.24) is 14.9 Å². The van der Waals surface area contributed by atoms with E-state index >= 15 is 0 Å². The summed E-state index contributed by atoms with van der Waals surface area (Å²) in [5.74, 6) is 0.427. The van der Waals surface area contributed by atoms with Crippen molar-refractivity contribution in [3.05, 3.63) is 63.7 Å². The fraction of sp³-hybridized carbons (Fsp3) is 0.304. The van der Waals surface area contributed by atoms with Gasteiger partial charge in [0.25, 0.3) is 5.56 Å². The van der Waals surface area contributed by atoms with E-state index < -0.39 is 11.9 Å². The number of rotatable bonds is 5. The van der Waals surface area contributed by atoms with Crippen LogP contribution in [0.1, 0.15) is 35.8 Å². The smallest absolute Gasteiger partial charge is 0.264 e. The van der Waals surface area contributed by atoms with Gasteiger partial charge in [-0.3, -0.25) is 24.3 Å². The Bertz CT molecular complexity index is 1230. The van der Waals surface area contributed by atoms with Crippen LogP contribution in [0.2, 0.25) is 0 Å². The number of aryl methyl sites for hydroxylation is 2. The number of piperidine rings is 1. The summed E-state index contributed by atoms with van der Waals surface area (Å²) in [4.78, 5) is 42.0. The number of nitrogens with one attached hydrogen (secondary N) is 2. The molecule has 1 aliphatic heterocycles. The first-order valence-corrected chi connectivity index (χ1v) is 10.1. The monoisotopic (exact) mass is 420 g/mol. The lowest BCUT2D eigenvalue weighted by Gasteiger charge is -2.25. The van der Waals surface area contributed by atoms with Crippen LogP contribution in [0.4, 0.5) is 5.69 Å². The Balaban J connectivity index is 1.75. The second-order valence-corrected chi connectivity index (χ2v) is 7.71. The molecular formula is C23H24N4O4. The maximum absolute atomic E-state index is 13.5. The lowest BCUT2D eigenvalue weighted by molar-refractivity contribution is -0.135. The lowest BCUT2D eigenvalue weighted by atomic mass is 10.0. The molecule has 8 nitrogen and oxygen atoms in total. The molecule has 1 atom stereocenters. The number of fused-ring (bicyclic) bond motifs is 1. The van der Waals surface area contributed by atoms with Crippen LogP contribution in [0.25, 0.3) is 10.9 Å². The molecule has 0 aliphatic carbocycles. The molecule has 8 heteroatoms. The van der Waals surface area contributed by atoms with Crippen LogP contribution in [0, 0.1) is 13.8 Å². The molecule has 0 bridgehead atoms. The highest BCUT2D eigenvalue weighted by atomic mass is 16.5. The van der Waals surface area contributed by atoms with Gasteiger partial charge in [-0.05, 0) is 55.7 Å². The highest BCUT2D eigenvalue weighted by Crippen LogP contribution is 2.25. The van der Waals surface area contributed by atoms with Crippen LogP contribution >= 0.6 is 0 Å². The van der Waals surface area contributed by atoms with E-state index in [1.165, 1.54) is 4.57 Å². The fourth-order valence-electron chi connectivity index (χ4n) is 3.95. The predicted octanol–water partition coefficient (Wildman–Crippen LogP) is 2.61. The quantitative estimate of drug-likeness (QED) is 0.615. The summed E-state index contributed by atoms with van der Waals surface area (Å²) < 4.78 is 6.59. The number of benzene rings is 2. The van der Waals surface area contributed by atoms with Crippen molar-refractivity contribution in [3.63, 3.8) is 0 Å². The van der Waals surface area contributed by atoms with E-state index in [1.807, 2.05) is 43.3 Å². The average Bonchev–Trinajstić information content (AvgIpc) is 2.73. The minimum Gasteiger partial charge on any atom is -0.497 e. The molecule has 1 saturated heterocycles. The summed E-state index contributed by atoms with van der Waals surface area (Å²) in [5.41, 5.74) is 2.93. The molecule has 4 rings (SSSR count). The molecular weight excluding hydrogens is 396 g/mol. The minimum atomic E-state index is -0.752. The highest BCUT2D eigenvalue weighted by molar-refractivity contribution is 5.99. The Kier molecular flexibility index (Phi) is 5.46. The van der Waals surface area contributed by atoms with Crippen LogP contribution in [0.5, 0.6) is 5.75 Å². The van der Waals surface area contributed by atoms with Crippen molar-refractivity contribution in [1.29, 1.82) is 0 Å². The van der Waals surface area contributed by atoms with Crippen LogP contribution < -0.4 is 20.9 Å². The van der Waals surface area contributed by atoms with Crippen LogP contribution in [-0.2, 0) is 16.1 Å². The summed E-state index contributed by atoms with van der Waals surface area (Å²) in [7, 11) is 1.62. The maximum atomic E-state index is 13.5. The third-order valence-corrected chi connectivity index (χ3v) is 5.49. The topological polar surface area (TPSA) is 102 Å². The number of carbonyl (C=O) groups is 2. The van der Waals surface area contributed by atoms with E-state index in [0.29, 0.717) is 29.0 Å². The van der Waals surface area contributed by atoms with E-state index in [-0.39, 0.29) is 24.3 Å². The number of methoxy groups -OCH3 is 1. The molecule has 2 amide bonds. The summed E-state index contributed by atoms with van der Waals surface area (Å²) in [5, 5.41) is 6.09. The predicted molar refractivity (Wildman–Crippen MR) is 117 cm³/mol. The average molecular weight is 420 g/mol. The Labute approximate surface area is 179 Å². The van der Waals surface area contributed by atoms with Gasteiger partial charge in [0.1, 0.15) is 17.6 Å². The second-order valence-electron chi connectivity index (χ2n) is 7.71. The summed E-state index contributed by atoms with van der Waals surface area (Å²) >= 11 is 0. The van der Waals surface area contributed by atoms with Gasteiger partial charge in [0, 0.05) is 18.7 Å². The molecule has 3 aromatic rings. The van der Waals surface area contributed by atoms with Gasteiger partial charge in [0.05, 0.1) is 18.0 Å². The molecule has 1 aromatic heterocycles. The van der Waals surface area contributed by atoms with Gasteiger partial charge >= 0.3 is 0 Å². The van der Waals surface area contributed by atoms with E-state index in [9.17, 15) is 14.4 Å². The number of hydrogen-bond acceptors (Lipinski definition) is 6. The molecule has 31 heavy (non-hydrogen) atoms. The number of aromatic nitrogens is 2. The van der Waals surface area contributed by atoms with Gasteiger partial charge < -0.3 is 10.1 Å². The molecule has 2 N–H and O–H groups in total. The normalized spacial score (nSPS) is 16.3. The largest absolute Gasteiger partial charge is 0.497 e. The lowest BCUT2D eigenvalue weighted by Crippen LogP contribution is -2.45. The van der Waals surface area contributed by atoms with Crippen LogP contribution in [0.15, 0.2) is 41.2 Å².